The lowest BCUT2D eigenvalue weighted by molar-refractivity contribution is 0.193. The maximum absolute atomic E-state index is 10.3. The van der Waals surface area contributed by atoms with Crippen LogP contribution in [0.3, 0.4) is 0 Å². The largest absolute Gasteiger partial charge is 0.379 e. The van der Waals surface area contributed by atoms with Gasteiger partial charge in [-0.15, -0.1) is 0 Å². The second-order valence-corrected chi connectivity index (χ2v) is 4.35. The minimum atomic E-state index is -0.767. The Balaban J connectivity index is 2.44. The summed E-state index contributed by atoms with van der Waals surface area (Å²) in [5, 5.41) is 14.4. The molecule has 0 bridgehead atoms. The number of aliphatic hydroxyl groups is 1. The van der Waals surface area contributed by atoms with Crippen molar-refractivity contribution < 1.29 is 5.11 Å². The third-order valence-corrected chi connectivity index (χ3v) is 3.11. The molecule has 2 aromatic rings. The van der Waals surface area contributed by atoms with Crippen LogP contribution in [0.5, 0.6) is 0 Å². The summed E-state index contributed by atoms with van der Waals surface area (Å²) in [4.78, 5) is 4.14. The van der Waals surface area contributed by atoms with E-state index in [1.54, 1.807) is 27.8 Å². The Morgan fingerprint density at radius 2 is 2.31 bits per heavy atom. The molecule has 2 rings (SSSR count). The molecule has 0 aliphatic carbocycles. The van der Waals surface area contributed by atoms with Crippen LogP contribution >= 0.6 is 15.9 Å². The van der Waals surface area contributed by atoms with Crippen molar-refractivity contribution >= 4 is 15.9 Å². The first kappa shape index (κ1) is 11.3. The highest BCUT2D eigenvalue weighted by Gasteiger charge is 2.21. The molecule has 0 fully saturated rings. The molecule has 0 aromatic carbocycles. The van der Waals surface area contributed by atoms with Crippen molar-refractivity contribution in [1.82, 2.24) is 19.3 Å². The predicted molar refractivity (Wildman–Crippen MR) is 62.9 cm³/mol. The maximum Gasteiger partial charge on any atom is 0.154 e. The molecule has 0 saturated heterocycles. The molecule has 1 atom stereocenters. The molecule has 0 aliphatic rings. The Bertz CT molecular complexity index is 491. The number of nitrogens with zero attached hydrogens (tertiary/aromatic N) is 4. The van der Waals surface area contributed by atoms with Crippen LogP contribution < -0.4 is 0 Å². The van der Waals surface area contributed by atoms with E-state index in [1.165, 1.54) is 0 Å². The van der Waals surface area contributed by atoms with Gasteiger partial charge in [0.2, 0.25) is 0 Å². The van der Waals surface area contributed by atoms with E-state index >= 15 is 0 Å². The topological polar surface area (TPSA) is 55.9 Å². The zero-order chi connectivity index (χ0) is 11.7. The molecule has 0 radical (unpaired) electrons. The van der Waals surface area contributed by atoms with Crippen LogP contribution in [0.15, 0.2) is 23.1 Å². The molecule has 16 heavy (non-hydrogen) atoms. The van der Waals surface area contributed by atoms with Gasteiger partial charge >= 0.3 is 0 Å². The summed E-state index contributed by atoms with van der Waals surface area (Å²) < 4.78 is 4.35. The molecule has 5 nitrogen and oxygen atoms in total. The number of rotatable bonds is 3. The number of aliphatic hydroxyl groups excluding tert-OH is 1. The van der Waals surface area contributed by atoms with Crippen LogP contribution in [0.4, 0.5) is 0 Å². The summed E-state index contributed by atoms with van der Waals surface area (Å²) in [5.41, 5.74) is 0.733. The molecule has 6 heteroatoms. The highest BCUT2D eigenvalue weighted by molar-refractivity contribution is 9.10. The van der Waals surface area contributed by atoms with E-state index < -0.39 is 6.10 Å². The van der Waals surface area contributed by atoms with E-state index in [0.717, 1.165) is 10.2 Å². The third-order valence-electron chi connectivity index (χ3n) is 2.49. The average molecular weight is 285 g/mol. The van der Waals surface area contributed by atoms with Gasteiger partial charge < -0.3 is 9.67 Å². The number of halogens is 1. The highest BCUT2D eigenvalue weighted by Crippen LogP contribution is 2.27. The van der Waals surface area contributed by atoms with Crippen molar-refractivity contribution in [1.29, 1.82) is 0 Å². The summed E-state index contributed by atoms with van der Waals surface area (Å²) in [6, 6.07) is 0. The van der Waals surface area contributed by atoms with E-state index in [0.29, 0.717) is 12.4 Å². The van der Waals surface area contributed by atoms with Crippen LogP contribution in [-0.4, -0.2) is 24.4 Å². The van der Waals surface area contributed by atoms with Crippen LogP contribution in [0.1, 0.15) is 24.5 Å². The second-order valence-electron chi connectivity index (χ2n) is 3.49. The summed E-state index contributed by atoms with van der Waals surface area (Å²) in [7, 11) is 1.85. The molecule has 1 unspecified atom stereocenters. The normalized spacial score (nSPS) is 13.0. The van der Waals surface area contributed by atoms with Crippen LogP contribution in [0.2, 0.25) is 0 Å². The lowest BCUT2D eigenvalue weighted by atomic mass is 10.2. The SMILES string of the molecule is CCn1ncc(Br)c1C(O)c1nccn1C. The van der Waals surface area contributed by atoms with E-state index in [9.17, 15) is 5.11 Å². The summed E-state index contributed by atoms with van der Waals surface area (Å²) >= 11 is 3.39. The van der Waals surface area contributed by atoms with E-state index in [1.807, 2.05) is 14.0 Å². The smallest absolute Gasteiger partial charge is 0.154 e. The fraction of sp³-hybridized carbons (Fsp3) is 0.400. The first-order chi connectivity index (χ1) is 7.65. The van der Waals surface area contributed by atoms with Gasteiger partial charge in [-0.2, -0.15) is 5.10 Å². The Morgan fingerprint density at radius 3 is 2.88 bits per heavy atom. The van der Waals surface area contributed by atoms with Crippen molar-refractivity contribution in [2.45, 2.75) is 19.6 Å². The highest BCUT2D eigenvalue weighted by atomic mass is 79.9. The zero-order valence-electron chi connectivity index (χ0n) is 9.13. The number of aryl methyl sites for hydroxylation is 2. The first-order valence-electron chi connectivity index (χ1n) is 5.01. The molecule has 1 N–H and O–H groups in total. The van der Waals surface area contributed by atoms with Crippen LogP contribution in [0, 0.1) is 0 Å². The maximum atomic E-state index is 10.3. The second kappa shape index (κ2) is 4.39. The minimum Gasteiger partial charge on any atom is -0.379 e. The van der Waals surface area contributed by atoms with Gasteiger partial charge in [-0.1, -0.05) is 0 Å². The third kappa shape index (κ3) is 1.78. The van der Waals surface area contributed by atoms with Gasteiger partial charge in [-0.05, 0) is 22.9 Å². The van der Waals surface area contributed by atoms with Crippen LogP contribution in [-0.2, 0) is 13.6 Å². The van der Waals surface area contributed by atoms with Crippen molar-refractivity contribution in [3.63, 3.8) is 0 Å². The van der Waals surface area contributed by atoms with Gasteiger partial charge in [0, 0.05) is 26.0 Å². The lowest BCUT2D eigenvalue weighted by Crippen LogP contribution is -2.13. The van der Waals surface area contributed by atoms with Gasteiger partial charge in [-0.25, -0.2) is 4.98 Å². The number of aromatic nitrogens is 4. The Kier molecular flexibility index (Phi) is 3.11. The molecule has 0 aliphatic heterocycles. The number of hydrogen-bond acceptors (Lipinski definition) is 3. The lowest BCUT2D eigenvalue weighted by Gasteiger charge is -2.13. The Hall–Kier alpha value is -1.14. The van der Waals surface area contributed by atoms with Gasteiger partial charge in [0.25, 0.3) is 0 Å². The number of imidazole rings is 1. The van der Waals surface area contributed by atoms with E-state index in [2.05, 4.69) is 26.0 Å². The summed E-state index contributed by atoms with van der Waals surface area (Å²) in [6.45, 7) is 2.69. The quantitative estimate of drug-likeness (QED) is 0.929. The van der Waals surface area contributed by atoms with Gasteiger partial charge in [-0.3, -0.25) is 4.68 Å². The molecule has 2 heterocycles. The minimum absolute atomic E-state index is 0.607. The van der Waals surface area contributed by atoms with Gasteiger partial charge in [0.05, 0.1) is 16.4 Å². The predicted octanol–water partition coefficient (Wildman–Crippen LogP) is 1.48. The zero-order valence-corrected chi connectivity index (χ0v) is 10.7. The van der Waals surface area contributed by atoms with Gasteiger partial charge in [0.1, 0.15) is 5.82 Å². The molecular weight excluding hydrogens is 272 g/mol. The average Bonchev–Trinajstić information content (AvgIpc) is 2.83. The van der Waals surface area contributed by atoms with Gasteiger partial charge in [0.15, 0.2) is 6.10 Å². The first-order valence-corrected chi connectivity index (χ1v) is 5.81. The molecule has 0 spiro atoms. The van der Waals surface area contributed by atoms with Crippen molar-refractivity contribution in [2.75, 3.05) is 0 Å². The van der Waals surface area contributed by atoms with Crippen molar-refractivity contribution in [2.24, 2.45) is 7.05 Å². The Labute approximate surface area is 102 Å². The molecule has 0 amide bonds. The number of hydrogen-bond donors (Lipinski definition) is 1. The fourth-order valence-corrected chi connectivity index (χ4v) is 2.17. The standard InChI is InChI=1S/C10H13BrN4O/c1-3-15-8(7(11)6-13-15)9(16)10-12-4-5-14(10)2/h4-6,9,16H,3H2,1-2H3. The summed E-state index contributed by atoms with van der Waals surface area (Å²) in [5.74, 6) is 0.607. The monoisotopic (exact) mass is 284 g/mol. The Morgan fingerprint density at radius 1 is 1.56 bits per heavy atom. The van der Waals surface area contributed by atoms with Crippen LogP contribution in [0.25, 0.3) is 0 Å². The van der Waals surface area contributed by atoms with Crippen molar-refractivity contribution in [3.05, 3.63) is 34.6 Å². The molecule has 2 aromatic heterocycles. The summed E-state index contributed by atoms with van der Waals surface area (Å²) in [6.07, 6.45) is 4.39. The molecule has 86 valence electrons. The van der Waals surface area contributed by atoms with E-state index in [-0.39, 0.29) is 0 Å². The molecular formula is C10H13BrN4O. The van der Waals surface area contributed by atoms with Crippen molar-refractivity contribution in [3.8, 4) is 0 Å². The molecule has 0 saturated carbocycles. The van der Waals surface area contributed by atoms with E-state index in [4.69, 9.17) is 0 Å². The fourth-order valence-electron chi connectivity index (χ4n) is 1.66.